The third-order valence-electron chi connectivity index (χ3n) is 4.83. The number of aromatic nitrogens is 2. The highest BCUT2D eigenvalue weighted by Crippen LogP contribution is 2.29. The number of sulfonamides is 1. The van der Waals surface area contributed by atoms with Gasteiger partial charge < -0.3 is 10.5 Å². The summed E-state index contributed by atoms with van der Waals surface area (Å²) < 4.78 is 32.1. The van der Waals surface area contributed by atoms with E-state index in [9.17, 15) is 18.0 Å². The number of benzene rings is 1. The molecule has 3 N–H and O–H groups in total. The summed E-state index contributed by atoms with van der Waals surface area (Å²) in [7, 11) is -2.39. The highest BCUT2D eigenvalue weighted by molar-refractivity contribution is 7.88. The van der Waals surface area contributed by atoms with Gasteiger partial charge in [0.25, 0.3) is 5.91 Å². The molecule has 0 bridgehead atoms. The van der Waals surface area contributed by atoms with Crippen molar-refractivity contribution in [1.29, 1.82) is 0 Å². The van der Waals surface area contributed by atoms with Crippen molar-refractivity contribution in [3.63, 3.8) is 0 Å². The van der Waals surface area contributed by atoms with Gasteiger partial charge in [-0.2, -0.15) is 5.10 Å². The summed E-state index contributed by atoms with van der Waals surface area (Å²) in [5.41, 5.74) is 6.67. The Morgan fingerprint density at radius 3 is 2.79 bits per heavy atom. The molecule has 150 valence electrons. The van der Waals surface area contributed by atoms with E-state index in [2.05, 4.69) is 10.2 Å². The Bertz CT molecular complexity index is 985. The molecular formula is C18H22N4O5S. The SMILES string of the molecule is COC(=O)c1ccccc1CS(=O)(=O)N1CCC[C@H](c2cc(C(N)=O)n[nH]2)C1. The van der Waals surface area contributed by atoms with E-state index >= 15 is 0 Å². The van der Waals surface area contributed by atoms with Crippen LogP contribution < -0.4 is 5.73 Å². The van der Waals surface area contributed by atoms with Crippen LogP contribution >= 0.6 is 0 Å². The minimum absolute atomic E-state index is 0.111. The second kappa shape index (κ2) is 8.11. The molecule has 2 aromatic rings. The average molecular weight is 406 g/mol. The zero-order valence-corrected chi connectivity index (χ0v) is 16.2. The molecule has 2 heterocycles. The molecule has 0 unspecified atom stereocenters. The van der Waals surface area contributed by atoms with Gasteiger partial charge in [-0.05, 0) is 30.5 Å². The van der Waals surface area contributed by atoms with Crippen molar-refractivity contribution in [3.8, 4) is 0 Å². The minimum Gasteiger partial charge on any atom is -0.465 e. The molecule has 0 aliphatic carbocycles. The number of nitrogens with one attached hydrogen (secondary N) is 1. The lowest BCUT2D eigenvalue weighted by Gasteiger charge is -2.31. The fraction of sp³-hybridized carbons (Fsp3) is 0.389. The largest absolute Gasteiger partial charge is 0.465 e. The van der Waals surface area contributed by atoms with Gasteiger partial charge in [0.15, 0.2) is 0 Å². The van der Waals surface area contributed by atoms with Crippen LogP contribution in [0.25, 0.3) is 0 Å². The number of carbonyl (C=O) groups is 2. The van der Waals surface area contributed by atoms with Crippen LogP contribution in [0.15, 0.2) is 30.3 Å². The van der Waals surface area contributed by atoms with Gasteiger partial charge in [0.2, 0.25) is 10.0 Å². The number of carbonyl (C=O) groups excluding carboxylic acids is 2. The van der Waals surface area contributed by atoms with Crippen molar-refractivity contribution < 1.29 is 22.7 Å². The summed E-state index contributed by atoms with van der Waals surface area (Å²) in [4.78, 5) is 23.1. The summed E-state index contributed by atoms with van der Waals surface area (Å²) in [5, 5.41) is 6.64. The molecule has 1 aliphatic rings. The lowest BCUT2D eigenvalue weighted by Crippen LogP contribution is -2.40. The number of nitrogens with two attached hydrogens (primary N) is 1. The Kier molecular flexibility index (Phi) is 5.80. The topological polar surface area (TPSA) is 135 Å². The van der Waals surface area contributed by atoms with E-state index in [0.717, 1.165) is 6.42 Å². The van der Waals surface area contributed by atoms with E-state index in [1.165, 1.54) is 11.4 Å². The van der Waals surface area contributed by atoms with Gasteiger partial charge in [0.1, 0.15) is 5.69 Å². The number of methoxy groups -OCH3 is 1. The number of H-pyrrole nitrogens is 1. The van der Waals surface area contributed by atoms with Crippen molar-refractivity contribution in [1.82, 2.24) is 14.5 Å². The molecule has 0 spiro atoms. The second-order valence-electron chi connectivity index (χ2n) is 6.67. The summed E-state index contributed by atoms with van der Waals surface area (Å²) in [6.07, 6.45) is 1.44. The zero-order valence-electron chi connectivity index (χ0n) is 15.4. The third kappa shape index (κ3) is 4.23. The monoisotopic (exact) mass is 406 g/mol. The van der Waals surface area contributed by atoms with E-state index < -0.39 is 21.9 Å². The minimum atomic E-state index is -3.65. The van der Waals surface area contributed by atoms with Crippen molar-refractivity contribution >= 4 is 21.9 Å². The number of amides is 1. The molecule has 10 heteroatoms. The molecular weight excluding hydrogens is 384 g/mol. The molecule has 1 fully saturated rings. The lowest BCUT2D eigenvalue weighted by atomic mass is 9.96. The number of hydrogen-bond donors (Lipinski definition) is 2. The van der Waals surface area contributed by atoms with E-state index in [-0.39, 0.29) is 29.5 Å². The lowest BCUT2D eigenvalue weighted by molar-refractivity contribution is 0.0599. The number of esters is 1. The highest BCUT2D eigenvalue weighted by Gasteiger charge is 2.31. The summed E-state index contributed by atoms with van der Waals surface area (Å²) >= 11 is 0. The van der Waals surface area contributed by atoms with Crippen LogP contribution in [0, 0.1) is 0 Å². The smallest absolute Gasteiger partial charge is 0.338 e. The predicted molar refractivity (Wildman–Crippen MR) is 101 cm³/mol. The Hall–Kier alpha value is -2.72. The Labute approximate surface area is 162 Å². The third-order valence-corrected chi connectivity index (χ3v) is 6.62. The van der Waals surface area contributed by atoms with Gasteiger partial charge in [-0.15, -0.1) is 0 Å². The number of rotatable bonds is 6. The first-order valence-electron chi connectivity index (χ1n) is 8.81. The molecule has 1 aromatic carbocycles. The van der Waals surface area contributed by atoms with Gasteiger partial charge in [-0.3, -0.25) is 9.89 Å². The van der Waals surface area contributed by atoms with Gasteiger partial charge in [0, 0.05) is 24.7 Å². The normalized spacial score (nSPS) is 18.0. The number of nitrogens with zero attached hydrogens (tertiary/aromatic N) is 2. The van der Waals surface area contributed by atoms with E-state index in [4.69, 9.17) is 10.5 Å². The number of piperidine rings is 1. The van der Waals surface area contributed by atoms with Crippen molar-refractivity contribution in [2.45, 2.75) is 24.5 Å². The maximum Gasteiger partial charge on any atom is 0.338 e. The first-order chi connectivity index (χ1) is 13.3. The molecule has 1 saturated heterocycles. The van der Waals surface area contributed by atoms with Gasteiger partial charge in [-0.1, -0.05) is 18.2 Å². The number of ether oxygens (including phenoxy) is 1. The zero-order chi connectivity index (χ0) is 20.3. The summed E-state index contributed by atoms with van der Waals surface area (Å²) in [6.45, 7) is 0.666. The average Bonchev–Trinajstić information content (AvgIpc) is 3.18. The predicted octanol–water partition coefficient (Wildman–Crippen LogP) is 1.00. The van der Waals surface area contributed by atoms with Crippen molar-refractivity contribution in [3.05, 3.63) is 52.8 Å². The fourth-order valence-corrected chi connectivity index (χ4v) is 5.01. The highest BCUT2D eigenvalue weighted by atomic mass is 32.2. The molecule has 3 rings (SSSR count). The molecule has 1 aliphatic heterocycles. The van der Waals surface area contributed by atoms with E-state index in [1.54, 1.807) is 30.3 Å². The Balaban J connectivity index is 1.78. The Morgan fingerprint density at radius 1 is 1.36 bits per heavy atom. The van der Waals surface area contributed by atoms with Gasteiger partial charge >= 0.3 is 5.97 Å². The van der Waals surface area contributed by atoms with Crippen LogP contribution in [-0.2, 0) is 20.5 Å². The first-order valence-corrected chi connectivity index (χ1v) is 10.4. The van der Waals surface area contributed by atoms with Crippen LogP contribution in [0.2, 0.25) is 0 Å². The summed E-state index contributed by atoms with van der Waals surface area (Å²) in [5.74, 6) is -1.61. The number of aromatic amines is 1. The number of primary amides is 1. The van der Waals surface area contributed by atoms with Crippen LogP contribution in [0.1, 0.15) is 50.9 Å². The fourth-order valence-electron chi connectivity index (χ4n) is 3.36. The van der Waals surface area contributed by atoms with Crippen molar-refractivity contribution in [2.24, 2.45) is 5.73 Å². The molecule has 0 radical (unpaired) electrons. The quantitative estimate of drug-likeness (QED) is 0.687. The van der Waals surface area contributed by atoms with E-state index in [1.807, 2.05) is 0 Å². The van der Waals surface area contributed by atoms with Crippen LogP contribution in [0.4, 0.5) is 0 Å². The molecule has 1 atom stereocenters. The molecule has 1 amide bonds. The van der Waals surface area contributed by atoms with Gasteiger partial charge in [0.05, 0.1) is 18.4 Å². The molecule has 28 heavy (non-hydrogen) atoms. The van der Waals surface area contributed by atoms with Crippen LogP contribution in [0.3, 0.4) is 0 Å². The van der Waals surface area contributed by atoms with Crippen molar-refractivity contribution in [2.75, 3.05) is 20.2 Å². The second-order valence-corrected chi connectivity index (χ2v) is 8.64. The number of hydrogen-bond acceptors (Lipinski definition) is 6. The Morgan fingerprint density at radius 2 is 2.11 bits per heavy atom. The molecule has 1 aromatic heterocycles. The summed E-state index contributed by atoms with van der Waals surface area (Å²) in [6, 6.07) is 8.07. The van der Waals surface area contributed by atoms with Gasteiger partial charge in [-0.25, -0.2) is 17.5 Å². The maximum absolute atomic E-state index is 13.0. The maximum atomic E-state index is 13.0. The molecule has 0 saturated carbocycles. The standard InChI is InChI=1S/C18H22N4O5S/c1-27-18(24)14-7-3-2-5-13(14)11-28(25,26)22-8-4-6-12(10-22)15-9-16(17(19)23)21-20-15/h2-3,5,7,9,12H,4,6,8,10-11H2,1H3,(H2,19,23)(H,20,21)/t12-/m0/s1. The van der Waals surface area contributed by atoms with E-state index in [0.29, 0.717) is 24.2 Å². The van der Waals surface area contributed by atoms with Crippen LogP contribution in [-0.4, -0.2) is 55.0 Å². The molecule has 9 nitrogen and oxygen atoms in total. The first kappa shape index (κ1) is 20.0. The van der Waals surface area contributed by atoms with Crippen LogP contribution in [0.5, 0.6) is 0 Å².